The van der Waals surface area contributed by atoms with E-state index in [1.54, 1.807) is 12.1 Å². The van der Waals surface area contributed by atoms with Gasteiger partial charge in [0.2, 0.25) is 6.79 Å². The molecular weight excluding hydrogens is 600 g/mol. The lowest BCUT2D eigenvalue weighted by molar-refractivity contribution is -0.385. The lowest BCUT2D eigenvalue weighted by atomic mass is 10.1. The quantitative estimate of drug-likeness (QED) is 0.140. The minimum Gasteiger partial charge on any atom is -0.493 e. The van der Waals surface area contributed by atoms with Crippen LogP contribution in [0, 0.1) is 17.0 Å². The van der Waals surface area contributed by atoms with Gasteiger partial charge in [0, 0.05) is 22.7 Å². The van der Waals surface area contributed by atoms with Crippen molar-refractivity contribution < 1.29 is 41.3 Å². The van der Waals surface area contributed by atoms with Gasteiger partial charge in [-0.15, -0.1) is 0 Å². The van der Waals surface area contributed by atoms with Crippen molar-refractivity contribution in [2.75, 3.05) is 13.9 Å². The summed E-state index contributed by atoms with van der Waals surface area (Å²) in [5.41, 5.74) is 0.845. The number of imide groups is 1. The first-order valence-corrected chi connectivity index (χ1v) is 14.3. The van der Waals surface area contributed by atoms with Crippen molar-refractivity contribution in [2.24, 2.45) is 0 Å². The number of nitro groups is 1. The predicted octanol–water partition coefficient (Wildman–Crippen LogP) is 5.30. The second-order valence-electron chi connectivity index (χ2n) is 8.72. The third kappa shape index (κ3) is 5.66. The lowest BCUT2D eigenvalue weighted by Crippen LogP contribution is -2.27. The van der Waals surface area contributed by atoms with Crippen molar-refractivity contribution in [1.82, 2.24) is 4.90 Å². The van der Waals surface area contributed by atoms with Crippen LogP contribution in [-0.2, 0) is 21.5 Å². The highest BCUT2D eigenvalue weighted by molar-refractivity contribution is 8.18. The molecule has 15 heteroatoms. The summed E-state index contributed by atoms with van der Waals surface area (Å²) < 4.78 is 46.8. The fourth-order valence-electron chi connectivity index (χ4n) is 3.99. The van der Waals surface area contributed by atoms with Gasteiger partial charge in [-0.05, 0) is 60.2 Å². The minimum absolute atomic E-state index is 0.00954. The van der Waals surface area contributed by atoms with E-state index in [4.69, 9.17) is 30.0 Å². The molecule has 2 amide bonds. The minimum atomic E-state index is -4.45. The molecule has 5 rings (SSSR count). The average Bonchev–Trinajstić information content (AvgIpc) is 3.48. The van der Waals surface area contributed by atoms with Gasteiger partial charge in [-0.25, -0.2) is 0 Å². The molecule has 0 atom stereocenters. The largest absolute Gasteiger partial charge is 0.493 e. The van der Waals surface area contributed by atoms with Crippen LogP contribution in [0.1, 0.15) is 16.7 Å². The Morgan fingerprint density at radius 3 is 2.54 bits per heavy atom. The number of carbonyl (C=O) groups excluding carboxylic acids is 2. The summed E-state index contributed by atoms with van der Waals surface area (Å²) in [6, 6.07) is 10.8. The highest BCUT2D eigenvalue weighted by Gasteiger charge is 2.36. The van der Waals surface area contributed by atoms with E-state index in [-0.39, 0.29) is 35.4 Å². The number of benzene rings is 3. The van der Waals surface area contributed by atoms with Crippen molar-refractivity contribution >= 4 is 56.4 Å². The maximum atomic E-state index is 13.1. The number of halogens is 1. The first kappa shape index (κ1) is 28.3. The monoisotopic (exact) mass is 618 g/mol. The molecule has 0 unspecified atom stereocenters. The summed E-state index contributed by atoms with van der Waals surface area (Å²) in [5, 5.41) is 11.0. The lowest BCUT2D eigenvalue weighted by Gasteiger charge is -2.14. The molecule has 0 N–H and O–H groups in total. The second-order valence-corrected chi connectivity index (χ2v) is 11.7. The second kappa shape index (κ2) is 11.0. The molecule has 2 aliphatic rings. The van der Waals surface area contributed by atoms with Gasteiger partial charge >= 0.3 is 10.1 Å². The number of rotatable bonds is 8. The van der Waals surface area contributed by atoms with Crippen LogP contribution < -0.4 is 18.4 Å². The Kier molecular flexibility index (Phi) is 7.55. The molecule has 0 aromatic heterocycles. The fraction of sp³-hybridized carbons (Fsp3) is 0.154. The van der Waals surface area contributed by atoms with Crippen LogP contribution in [0.2, 0.25) is 5.02 Å². The van der Waals surface area contributed by atoms with Gasteiger partial charge in [-0.2, -0.15) is 8.42 Å². The normalized spacial score (nSPS) is 15.5. The van der Waals surface area contributed by atoms with Gasteiger partial charge in [-0.1, -0.05) is 23.7 Å². The molecule has 12 nitrogen and oxygen atoms in total. The molecule has 0 spiro atoms. The Balaban J connectivity index is 1.36. The number of thioether (sulfide) groups is 1. The van der Waals surface area contributed by atoms with Gasteiger partial charge in [-0.3, -0.25) is 24.6 Å². The fourth-order valence-corrected chi connectivity index (χ4v) is 6.00. The Labute approximate surface area is 242 Å². The number of ether oxygens (including phenoxy) is 3. The van der Waals surface area contributed by atoms with E-state index in [1.165, 1.54) is 50.4 Å². The van der Waals surface area contributed by atoms with Crippen molar-refractivity contribution in [3.63, 3.8) is 0 Å². The van der Waals surface area contributed by atoms with Gasteiger partial charge in [0.25, 0.3) is 16.8 Å². The predicted molar refractivity (Wildman–Crippen MR) is 148 cm³/mol. The van der Waals surface area contributed by atoms with Crippen LogP contribution in [0.3, 0.4) is 0 Å². The van der Waals surface area contributed by atoms with Crippen LogP contribution in [0.15, 0.2) is 58.3 Å². The molecule has 1 fully saturated rings. The van der Waals surface area contributed by atoms with Gasteiger partial charge in [0.1, 0.15) is 4.90 Å². The maximum absolute atomic E-state index is 13.1. The van der Waals surface area contributed by atoms with Crippen molar-refractivity contribution in [2.45, 2.75) is 18.4 Å². The molecule has 1 saturated heterocycles. The smallest absolute Gasteiger partial charge is 0.339 e. The van der Waals surface area contributed by atoms with E-state index in [2.05, 4.69) is 0 Å². The summed E-state index contributed by atoms with van der Waals surface area (Å²) in [6.07, 6.45) is 1.45. The molecule has 2 heterocycles. The Hall–Kier alpha value is -4.27. The zero-order valence-electron chi connectivity index (χ0n) is 21.3. The van der Waals surface area contributed by atoms with E-state index in [9.17, 15) is 28.1 Å². The standard InChI is InChI=1S/C26H19ClN2O10S2/c1-14-3-5-17(10-19(14)29(32)33)41(34,35)39-20-6-4-15(7-21(20)36-2)8-24-25(30)28(26(31)40-24)12-16-9-22-23(11-18(16)27)38-13-37-22/h3-11H,12-13H2,1-2H3/b24-8-. The molecule has 0 aliphatic carbocycles. The number of amides is 2. The van der Waals surface area contributed by atoms with Crippen LogP contribution >= 0.6 is 23.4 Å². The summed E-state index contributed by atoms with van der Waals surface area (Å²) in [4.78, 5) is 37.0. The van der Waals surface area contributed by atoms with E-state index in [0.717, 1.165) is 22.7 Å². The van der Waals surface area contributed by atoms with Gasteiger partial charge in [0.05, 0.1) is 23.5 Å². The summed E-state index contributed by atoms with van der Waals surface area (Å²) >= 11 is 7.04. The van der Waals surface area contributed by atoms with E-state index in [0.29, 0.717) is 33.2 Å². The number of hydrogen-bond acceptors (Lipinski definition) is 11. The Bertz CT molecular complexity index is 1760. The zero-order chi connectivity index (χ0) is 29.5. The molecular formula is C26H19ClN2O10S2. The van der Waals surface area contributed by atoms with E-state index >= 15 is 0 Å². The van der Waals surface area contributed by atoms with Crippen molar-refractivity contribution in [3.05, 3.63) is 85.3 Å². The van der Waals surface area contributed by atoms with Crippen LogP contribution in [0.25, 0.3) is 6.08 Å². The van der Waals surface area contributed by atoms with E-state index in [1.807, 2.05) is 0 Å². The molecule has 212 valence electrons. The van der Waals surface area contributed by atoms with Crippen LogP contribution in [0.5, 0.6) is 23.0 Å². The summed E-state index contributed by atoms with van der Waals surface area (Å²) in [7, 11) is -3.16. The molecule has 41 heavy (non-hydrogen) atoms. The molecule has 3 aromatic rings. The molecule has 0 saturated carbocycles. The van der Waals surface area contributed by atoms with Crippen molar-refractivity contribution in [3.8, 4) is 23.0 Å². The SMILES string of the molecule is COc1cc(/C=C2\SC(=O)N(Cc3cc4c(cc3Cl)OCO4)C2=O)ccc1OS(=O)(=O)c1ccc(C)c([N+](=O)[O-])c1. The molecule has 0 radical (unpaired) electrons. The first-order chi connectivity index (χ1) is 19.5. The first-order valence-electron chi connectivity index (χ1n) is 11.7. The molecule has 0 bridgehead atoms. The van der Waals surface area contributed by atoms with Gasteiger partial charge < -0.3 is 18.4 Å². The maximum Gasteiger partial charge on any atom is 0.339 e. The Morgan fingerprint density at radius 2 is 1.83 bits per heavy atom. The molecule has 2 aliphatic heterocycles. The van der Waals surface area contributed by atoms with Crippen molar-refractivity contribution in [1.29, 1.82) is 0 Å². The van der Waals surface area contributed by atoms with Gasteiger partial charge in [0.15, 0.2) is 23.0 Å². The number of nitrogens with zero attached hydrogens (tertiary/aromatic N) is 2. The highest BCUT2D eigenvalue weighted by Crippen LogP contribution is 2.40. The number of methoxy groups -OCH3 is 1. The number of carbonyl (C=O) groups is 2. The summed E-state index contributed by atoms with van der Waals surface area (Å²) in [6.45, 7) is 1.45. The third-order valence-electron chi connectivity index (χ3n) is 6.09. The summed E-state index contributed by atoms with van der Waals surface area (Å²) in [5.74, 6) is 0.219. The van der Waals surface area contributed by atoms with E-state index < -0.39 is 31.1 Å². The van der Waals surface area contributed by atoms with Crippen LogP contribution in [-0.4, -0.2) is 43.3 Å². The molecule has 3 aromatic carbocycles. The number of aryl methyl sites for hydroxylation is 1. The number of fused-ring (bicyclic) bond motifs is 1. The number of nitro benzene ring substituents is 1. The zero-order valence-corrected chi connectivity index (χ0v) is 23.7. The third-order valence-corrected chi connectivity index (χ3v) is 8.58. The average molecular weight is 619 g/mol. The Morgan fingerprint density at radius 1 is 1.10 bits per heavy atom. The van der Waals surface area contributed by atoms with Crippen LogP contribution in [0.4, 0.5) is 10.5 Å². The topological polar surface area (TPSA) is 152 Å². The highest BCUT2D eigenvalue weighted by atomic mass is 35.5. The number of hydrogen-bond donors (Lipinski definition) is 0.